The number of amides is 2. The lowest BCUT2D eigenvalue weighted by atomic mass is 9.95. The molecule has 2 aromatic heterocycles. The van der Waals surface area contributed by atoms with Gasteiger partial charge in [-0.15, -0.1) is 11.3 Å². The fraction of sp³-hybridized carbons (Fsp3) is 0.243. The summed E-state index contributed by atoms with van der Waals surface area (Å²) < 4.78 is 15.0. The maximum absolute atomic E-state index is 15.0. The minimum atomic E-state index is -1.75. The first kappa shape index (κ1) is 33.6. The number of nitrogens with one attached hydrogen (secondary N) is 2. The van der Waals surface area contributed by atoms with Gasteiger partial charge in [-0.05, 0) is 47.2 Å². The van der Waals surface area contributed by atoms with Crippen molar-refractivity contribution in [3.05, 3.63) is 118 Å². The minimum Gasteiger partial charge on any atom is -0.366 e. The molecule has 5 aromatic rings. The van der Waals surface area contributed by atoms with Crippen LogP contribution in [-0.4, -0.2) is 50.4 Å². The molecule has 8 nitrogen and oxygen atoms in total. The first-order chi connectivity index (χ1) is 22.4. The molecule has 0 bridgehead atoms. The average Bonchev–Trinajstić information content (AvgIpc) is 3.57. The molecule has 5 rings (SSSR count). The number of halogens is 1. The lowest BCUT2D eigenvalue weighted by molar-refractivity contribution is -0.128. The number of aliphatic hydroxyl groups excluding tert-OH is 1. The summed E-state index contributed by atoms with van der Waals surface area (Å²) in [4.78, 5) is 36.8. The van der Waals surface area contributed by atoms with Gasteiger partial charge in [0.05, 0.1) is 10.9 Å². The Morgan fingerprint density at radius 2 is 1.49 bits per heavy atom. The number of benzene rings is 3. The second-order valence-corrected chi connectivity index (χ2v) is 13.5. The van der Waals surface area contributed by atoms with E-state index in [-0.39, 0.29) is 23.6 Å². The van der Waals surface area contributed by atoms with Gasteiger partial charge in [0.1, 0.15) is 11.9 Å². The maximum atomic E-state index is 15.0. The van der Waals surface area contributed by atoms with Gasteiger partial charge in [0, 0.05) is 40.4 Å². The molecule has 3 aromatic carbocycles. The van der Waals surface area contributed by atoms with Gasteiger partial charge in [0.25, 0.3) is 5.91 Å². The Hall–Kier alpha value is -4.77. The number of nitrogens with zero attached hydrogens (tertiary/aromatic N) is 2. The Morgan fingerprint density at radius 1 is 0.830 bits per heavy atom. The fourth-order valence-electron chi connectivity index (χ4n) is 4.90. The standard InChI is InChI=1S/C37H37FN4O4S/c1-22(36(45)46)41-34(43)30(42-35(44)31-16-17-32(47-31)37(2,3)4)18-23-10-12-25(13-11-23)33-39-20-27(21-40-33)28-15-14-26(19-29(28)38)24-8-6-5-7-9-24/h5-17,19-22,30,36,45-46H,18H2,1-4H3,(H,41,43)(H,42,44)/t22-,30+/m1/s1. The van der Waals surface area contributed by atoms with Crippen molar-refractivity contribution >= 4 is 23.2 Å². The first-order valence-electron chi connectivity index (χ1n) is 15.2. The molecule has 0 spiro atoms. The molecule has 0 unspecified atom stereocenters. The molecule has 242 valence electrons. The van der Waals surface area contributed by atoms with E-state index in [1.54, 1.807) is 24.5 Å². The first-order valence-corrected chi connectivity index (χ1v) is 16.0. The lowest BCUT2D eigenvalue weighted by Gasteiger charge is -2.22. The summed E-state index contributed by atoms with van der Waals surface area (Å²) in [5, 5.41) is 24.4. The van der Waals surface area contributed by atoms with Crippen LogP contribution in [0.2, 0.25) is 0 Å². The van der Waals surface area contributed by atoms with Crippen molar-refractivity contribution in [1.82, 2.24) is 20.6 Å². The van der Waals surface area contributed by atoms with Gasteiger partial charge in [-0.25, -0.2) is 14.4 Å². The van der Waals surface area contributed by atoms with Crippen molar-refractivity contribution in [1.29, 1.82) is 0 Å². The highest BCUT2D eigenvalue weighted by Crippen LogP contribution is 2.30. The lowest BCUT2D eigenvalue weighted by Crippen LogP contribution is -2.52. The maximum Gasteiger partial charge on any atom is 0.262 e. The molecule has 2 amide bonds. The van der Waals surface area contributed by atoms with Crippen molar-refractivity contribution in [2.45, 2.75) is 57.9 Å². The largest absolute Gasteiger partial charge is 0.366 e. The number of carbonyl (C=O) groups is 2. The number of rotatable bonds is 10. The molecule has 2 heterocycles. The van der Waals surface area contributed by atoms with Crippen LogP contribution < -0.4 is 10.6 Å². The molecular formula is C37H37FN4O4S. The summed E-state index contributed by atoms with van der Waals surface area (Å²) in [6.45, 7) is 7.65. The summed E-state index contributed by atoms with van der Waals surface area (Å²) >= 11 is 1.37. The fourth-order valence-corrected chi connectivity index (χ4v) is 5.87. The highest BCUT2D eigenvalue weighted by molar-refractivity contribution is 7.14. The Balaban J connectivity index is 1.30. The van der Waals surface area contributed by atoms with E-state index in [2.05, 4.69) is 41.4 Å². The molecule has 0 radical (unpaired) electrons. The van der Waals surface area contributed by atoms with Crippen molar-refractivity contribution < 1.29 is 24.2 Å². The number of aliphatic hydroxyl groups is 2. The molecule has 4 N–H and O–H groups in total. The van der Waals surface area contributed by atoms with E-state index < -0.39 is 24.3 Å². The van der Waals surface area contributed by atoms with Crippen LogP contribution in [0.15, 0.2) is 97.3 Å². The Kier molecular flexibility index (Phi) is 10.2. The van der Waals surface area contributed by atoms with E-state index in [4.69, 9.17) is 0 Å². The van der Waals surface area contributed by atoms with Gasteiger partial charge in [-0.3, -0.25) is 9.59 Å². The molecular weight excluding hydrogens is 615 g/mol. The van der Waals surface area contributed by atoms with E-state index in [1.165, 1.54) is 24.3 Å². The molecule has 0 fully saturated rings. The third-order valence-corrected chi connectivity index (χ3v) is 9.21. The number of hydrogen-bond donors (Lipinski definition) is 4. The highest BCUT2D eigenvalue weighted by atomic mass is 32.1. The van der Waals surface area contributed by atoms with Gasteiger partial charge in [-0.2, -0.15) is 0 Å². The topological polar surface area (TPSA) is 124 Å². The zero-order valence-corrected chi connectivity index (χ0v) is 27.4. The Morgan fingerprint density at radius 3 is 2.09 bits per heavy atom. The zero-order chi connectivity index (χ0) is 33.7. The normalized spacial score (nSPS) is 12.9. The Bertz CT molecular complexity index is 1840. The SMILES string of the molecule is C[C@@H](NC(=O)[C@H](Cc1ccc(-c2ncc(-c3ccc(-c4ccccc4)cc3F)cn2)cc1)NC(=O)c1ccc(C(C)(C)C)s1)C(O)O. The third-order valence-electron chi connectivity index (χ3n) is 7.70. The monoisotopic (exact) mass is 652 g/mol. The van der Waals surface area contributed by atoms with Gasteiger partial charge >= 0.3 is 0 Å². The van der Waals surface area contributed by atoms with E-state index in [1.807, 2.05) is 66.7 Å². The summed E-state index contributed by atoms with van der Waals surface area (Å²) in [5.74, 6) is -0.852. The zero-order valence-electron chi connectivity index (χ0n) is 26.6. The predicted molar refractivity (Wildman–Crippen MR) is 182 cm³/mol. The molecule has 0 aliphatic carbocycles. The van der Waals surface area contributed by atoms with Crippen molar-refractivity contribution in [2.75, 3.05) is 0 Å². The van der Waals surface area contributed by atoms with E-state index in [9.17, 15) is 19.8 Å². The molecule has 0 aliphatic rings. The molecule has 0 aliphatic heterocycles. The molecule has 2 atom stereocenters. The predicted octanol–water partition coefficient (Wildman–Crippen LogP) is 6.13. The number of hydrogen-bond acceptors (Lipinski definition) is 7. The minimum absolute atomic E-state index is 0.122. The van der Waals surface area contributed by atoms with Gasteiger partial charge in [0.2, 0.25) is 5.91 Å². The van der Waals surface area contributed by atoms with Crippen LogP contribution >= 0.6 is 11.3 Å². The van der Waals surface area contributed by atoms with Crippen molar-refractivity contribution in [2.24, 2.45) is 0 Å². The van der Waals surface area contributed by atoms with Crippen LogP contribution in [-0.2, 0) is 16.6 Å². The summed E-state index contributed by atoms with van der Waals surface area (Å²) in [7, 11) is 0. The quantitative estimate of drug-likeness (QED) is 0.135. The number of carbonyl (C=O) groups excluding carboxylic acids is 2. The van der Waals surface area contributed by atoms with Crippen LogP contribution in [0.5, 0.6) is 0 Å². The van der Waals surface area contributed by atoms with Crippen molar-refractivity contribution in [3.8, 4) is 33.6 Å². The third kappa shape index (κ3) is 8.34. The summed E-state index contributed by atoms with van der Waals surface area (Å²) in [6.07, 6.45) is 1.57. The second kappa shape index (κ2) is 14.3. The van der Waals surface area contributed by atoms with Gasteiger partial charge in [-0.1, -0.05) is 87.5 Å². The highest BCUT2D eigenvalue weighted by Gasteiger charge is 2.26. The Labute approximate surface area is 277 Å². The van der Waals surface area contributed by atoms with Crippen LogP contribution in [0.4, 0.5) is 4.39 Å². The molecule has 0 saturated carbocycles. The van der Waals surface area contributed by atoms with Crippen LogP contribution in [0.3, 0.4) is 0 Å². The average molecular weight is 653 g/mol. The van der Waals surface area contributed by atoms with E-state index in [0.29, 0.717) is 21.8 Å². The van der Waals surface area contributed by atoms with Crippen LogP contribution in [0, 0.1) is 5.82 Å². The summed E-state index contributed by atoms with van der Waals surface area (Å²) in [6, 6.07) is 23.7. The smallest absolute Gasteiger partial charge is 0.262 e. The van der Waals surface area contributed by atoms with Gasteiger partial charge in [0.15, 0.2) is 12.1 Å². The van der Waals surface area contributed by atoms with Gasteiger partial charge < -0.3 is 20.8 Å². The van der Waals surface area contributed by atoms with Crippen LogP contribution in [0.1, 0.15) is 47.8 Å². The second-order valence-electron chi connectivity index (χ2n) is 12.4. The van der Waals surface area contributed by atoms with E-state index >= 15 is 4.39 Å². The van der Waals surface area contributed by atoms with E-state index in [0.717, 1.165) is 27.1 Å². The number of aromatic nitrogens is 2. The molecule has 10 heteroatoms. The van der Waals surface area contributed by atoms with Crippen molar-refractivity contribution in [3.63, 3.8) is 0 Å². The summed E-state index contributed by atoms with van der Waals surface area (Å²) in [5.41, 5.74) is 4.01. The number of thiophene rings is 1. The van der Waals surface area contributed by atoms with Crippen LogP contribution in [0.25, 0.3) is 33.6 Å². The molecule has 0 saturated heterocycles. The molecule has 47 heavy (non-hydrogen) atoms.